The molecule has 2 rings (SSSR count). The van der Waals surface area contributed by atoms with Crippen molar-refractivity contribution < 1.29 is 4.92 Å². The van der Waals surface area contributed by atoms with Crippen molar-refractivity contribution in [2.24, 2.45) is 5.41 Å². The van der Waals surface area contributed by atoms with Crippen molar-refractivity contribution in [3.05, 3.63) is 39.9 Å². The van der Waals surface area contributed by atoms with Gasteiger partial charge in [-0.3, -0.25) is 10.1 Å². The molecule has 1 aromatic rings. The minimum absolute atomic E-state index is 0.154. The van der Waals surface area contributed by atoms with Gasteiger partial charge in [-0.15, -0.1) is 0 Å². The Hall–Kier alpha value is -1.42. The molecule has 4 heteroatoms. The van der Waals surface area contributed by atoms with Crippen LogP contribution in [0.4, 0.5) is 5.69 Å². The molecule has 2 atom stereocenters. The lowest BCUT2D eigenvalue weighted by molar-refractivity contribution is -0.386. The average Bonchev–Trinajstić information content (AvgIpc) is 2.48. The number of benzene rings is 1. The largest absolute Gasteiger partial charge is 0.313 e. The third-order valence-corrected chi connectivity index (χ3v) is 5.33. The van der Waals surface area contributed by atoms with Crippen LogP contribution in [-0.4, -0.2) is 17.5 Å². The van der Waals surface area contributed by atoms with Gasteiger partial charge in [0.2, 0.25) is 0 Å². The molecule has 0 spiro atoms. The van der Waals surface area contributed by atoms with Crippen LogP contribution < -0.4 is 5.32 Å². The first-order chi connectivity index (χ1) is 10.1. The second kappa shape index (κ2) is 6.56. The first kappa shape index (κ1) is 16.0. The fraction of sp³-hybridized carbons (Fsp3) is 0.647. The Morgan fingerprint density at radius 3 is 2.52 bits per heavy atom. The molecule has 1 aliphatic rings. The summed E-state index contributed by atoms with van der Waals surface area (Å²) >= 11 is 0. The zero-order valence-electron chi connectivity index (χ0n) is 13.3. The molecule has 1 aromatic carbocycles. The van der Waals surface area contributed by atoms with E-state index in [9.17, 15) is 10.1 Å². The van der Waals surface area contributed by atoms with Gasteiger partial charge in [-0.2, -0.15) is 0 Å². The predicted octanol–water partition coefficient (Wildman–Crippen LogP) is 4.26. The van der Waals surface area contributed by atoms with E-state index in [1.165, 1.54) is 0 Å². The molecule has 0 aliphatic heterocycles. The highest BCUT2D eigenvalue weighted by molar-refractivity contribution is 5.45. The molecule has 0 amide bonds. The Morgan fingerprint density at radius 2 is 1.95 bits per heavy atom. The van der Waals surface area contributed by atoms with Crippen LogP contribution in [0, 0.1) is 15.5 Å². The van der Waals surface area contributed by atoms with Gasteiger partial charge >= 0.3 is 0 Å². The summed E-state index contributed by atoms with van der Waals surface area (Å²) in [6.45, 7) is 7.62. The standard InChI is InChI=1S/C17H26N2O2/c1-4-11-18-16-12-14(17(16,5-2)6-3)13-9-7-8-10-15(13)19(20)21/h7-10,14,16,18H,4-6,11-12H2,1-3H3. The fourth-order valence-electron chi connectivity index (χ4n) is 4.01. The molecule has 0 aromatic heterocycles. The number of nitro benzene ring substituents is 1. The van der Waals surface area contributed by atoms with Crippen molar-refractivity contribution in [2.45, 2.75) is 58.4 Å². The fourth-order valence-corrected chi connectivity index (χ4v) is 4.01. The highest BCUT2D eigenvalue weighted by atomic mass is 16.6. The topological polar surface area (TPSA) is 55.2 Å². The van der Waals surface area contributed by atoms with Crippen LogP contribution >= 0.6 is 0 Å². The summed E-state index contributed by atoms with van der Waals surface area (Å²) in [6.07, 6.45) is 4.24. The lowest BCUT2D eigenvalue weighted by atomic mass is 9.51. The summed E-state index contributed by atoms with van der Waals surface area (Å²) in [5.41, 5.74) is 1.35. The zero-order valence-corrected chi connectivity index (χ0v) is 13.3. The Morgan fingerprint density at radius 1 is 1.29 bits per heavy atom. The SMILES string of the molecule is CCCNC1CC(c2ccccc2[N+](=O)[O-])C1(CC)CC. The third-order valence-electron chi connectivity index (χ3n) is 5.33. The summed E-state index contributed by atoms with van der Waals surface area (Å²) in [5, 5.41) is 14.9. The third kappa shape index (κ3) is 2.69. The molecule has 1 saturated carbocycles. The lowest BCUT2D eigenvalue weighted by Crippen LogP contribution is -2.58. The van der Waals surface area contributed by atoms with E-state index >= 15 is 0 Å². The number of nitrogens with zero attached hydrogens (tertiary/aromatic N) is 1. The van der Waals surface area contributed by atoms with E-state index in [4.69, 9.17) is 0 Å². The molecule has 116 valence electrons. The number of nitrogens with one attached hydrogen (secondary N) is 1. The maximum Gasteiger partial charge on any atom is 0.272 e. The van der Waals surface area contributed by atoms with Crippen molar-refractivity contribution in [3.8, 4) is 0 Å². The highest BCUT2D eigenvalue weighted by Crippen LogP contribution is 2.58. The predicted molar refractivity (Wildman–Crippen MR) is 85.6 cm³/mol. The Labute approximate surface area is 127 Å². The van der Waals surface area contributed by atoms with Gasteiger partial charge < -0.3 is 5.32 Å². The Kier molecular flexibility index (Phi) is 4.99. The second-order valence-corrected chi connectivity index (χ2v) is 6.05. The first-order valence-corrected chi connectivity index (χ1v) is 8.07. The molecule has 0 bridgehead atoms. The monoisotopic (exact) mass is 290 g/mol. The van der Waals surface area contributed by atoms with Crippen molar-refractivity contribution in [3.63, 3.8) is 0 Å². The van der Waals surface area contributed by atoms with Crippen LogP contribution in [0.15, 0.2) is 24.3 Å². The van der Waals surface area contributed by atoms with E-state index in [0.717, 1.165) is 37.8 Å². The number of hydrogen-bond donors (Lipinski definition) is 1. The molecule has 2 unspecified atom stereocenters. The van der Waals surface area contributed by atoms with Gasteiger partial charge in [0.15, 0.2) is 0 Å². The summed E-state index contributed by atoms with van der Waals surface area (Å²) in [4.78, 5) is 11.1. The van der Waals surface area contributed by atoms with E-state index in [1.807, 2.05) is 12.1 Å². The van der Waals surface area contributed by atoms with E-state index in [2.05, 4.69) is 26.1 Å². The van der Waals surface area contributed by atoms with Crippen molar-refractivity contribution in [2.75, 3.05) is 6.54 Å². The van der Waals surface area contributed by atoms with E-state index < -0.39 is 0 Å². The van der Waals surface area contributed by atoms with Crippen LogP contribution in [0.3, 0.4) is 0 Å². The van der Waals surface area contributed by atoms with E-state index in [0.29, 0.717) is 12.0 Å². The van der Waals surface area contributed by atoms with Gasteiger partial charge in [-0.05, 0) is 43.6 Å². The van der Waals surface area contributed by atoms with E-state index in [1.54, 1.807) is 12.1 Å². The van der Waals surface area contributed by atoms with Gasteiger partial charge in [-0.1, -0.05) is 39.0 Å². The van der Waals surface area contributed by atoms with Crippen LogP contribution in [-0.2, 0) is 0 Å². The average molecular weight is 290 g/mol. The first-order valence-electron chi connectivity index (χ1n) is 8.07. The van der Waals surface area contributed by atoms with E-state index in [-0.39, 0.29) is 16.0 Å². The van der Waals surface area contributed by atoms with Gasteiger partial charge in [0.25, 0.3) is 5.69 Å². The highest BCUT2D eigenvalue weighted by Gasteiger charge is 2.53. The summed E-state index contributed by atoms with van der Waals surface area (Å²) in [7, 11) is 0. The number of nitro groups is 1. The number of rotatable bonds is 7. The van der Waals surface area contributed by atoms with Crippen LogP contribution in [0.2, 0.25) is 0 Å². The lowest BCUT2D eigenvalue weighted by Gasteiger charge is -2.56. The molecule has 0 radical (unpaired) electrons. The van der Waals surface area contributed by atoms with Crippen molar-refractivity contribution in [1.82, 2.24) is 5.32 Å². The smallest absolute Gasteiger partial charge is 0.272 e. The molecule has 21 heavy (non-hydrogen) atoms. The minimum Gasteiger partial charge on any atom is -0.313 e. The quantitative estimate of drug-likeness (QED) is 0.603. The van der Waals surface area contributed by atoms with Gasteiger partial charge in [0.05, 0.1) is 4.92 Å². The molecular weight excluding hydrogens is 264 g/mol. The second-order valence-electron chi connectivity index (χ2n) is 6.05. The molecule has 0 saturated heterocycles. The molecule has 1 fully saturated rings. The van der Waals surface area contributed by atoms with Crippen LogP contribution in [0.25, 0.3) is 0 Å². The summed E-state index contributed by atoms with van der Waals surface area (Å²) in [5.74, 6) is 0.295. The minimum atomic E-state index is -0.238. The van der Waals surface area contributed by atoms with Crippen molar-refractivity contribution in [1.29, 1.82) is 0 Å². The van der Waals surface area contributed by atoms with Gasteiger partial charge in [-0.25, -0.2) is 0 Å². The molecule has 0 heterocycles. The van der Waals surface area contributed by atoms with Gasteiger partial charge in [0.1, 0.15) is 0 Å². The molecule has 4 nitrogen and oxygen atoms in total. The van der Waals surface area contributed by atoms with Crippen LogP contribution in [0.5, 0.6) is 0 Å². The normalized spacial score (nSPS) is 23.6. The maximum absolute atomic E-state index is 11.3. The van der Waals surface area contributed by atoms with Crippen molar-refractivity contribution >= 4 is 5.69 Å². The van der Waals surface area contributed by atoms with Gasteiger partial charge in [0, 0.05) is 17.7 Å². The molecule has 1 aliphatic carbocycles. The number of para-hydroxylation sites is 1. The summed E-state index contributed by atoms with van der Waals surface area (Å²) in [6, 6.07) is 7.74. The van der Waals surface area contributed by atoms with Crippen LogP contribution in [0.1, 0.15) is 57.9 Å². The summed E-state index contributed by atoms with van der Waals surface area (Å²) < 4.78 is 0. The maximum atomic E-state index is 11.3. The Balaban J connectivity index is 2.30. The molecular formula is C17H26N2O2. The Bertz CT molecular complexity index is 497. The zero-order chi connectivity index (χ0) is 15.5. The molecule has 1 N–H and O–H groups in total. The number of hydrogen-bond acceptors (Lipinski definition) is 3.